The maximum Gasteiger partial charge on any atom is 0.254 e. The molecule has 1 N–H and O–H groups in total. The number of likely N-dealkylation sites (N-methyl/N-ethyl adjacent to an activating group) is 1. The van der Waals surface area contributed by atoms with E-state index in [1.165, 1.54) is 4.90 Å². The zero-order valence-electron chi connectivity index (χ0n) is 12.4. The van der Waals surface area contributed by atoms with E-state index in [-0.39, 0.29) is 30.9 Å². The number of amides is 2. The first-order valence-corrected chi connectivity index (χ1v) is 7.31. The molecule has 1 aliphatic heterocycles. The third kappa shape index (κ3) is 4.04. The molecule has 1 saturated heterocycles. The van der Waals surface area contributed by atoms with Gasteiger partial charge in [-0.3, -0.25) is 9.59 Å². The molecule has 0 bridgehead atoms. The van der Waals surface area contributed by atoms with Crippen LogP contribution in [0.25, 0.3) is 0 Å². The van der Waals surface area contributed by atoms with Gasteiger partial charge in [0, 0.05) is 32.3 Å². The van der Waals surface area contributed by atoms with E-state index in [1.807, 2.05) is 6.07 Å². The number of hydrogen-bond donors (Lipinski definition) is 1. The normalized spacial score (nSPS) is 18.4. The minimum absolute atomic E-state index is 0.0556. The van der Waals surface area contributed by atoms with Gasteiger partial charge >= 0.3 is 0 Å². The van der Waals surface area contributed by atoms with Gasteiger partial charge in [0.2, 0.25) is 5.91 Å². The van der Waals surface area contributed by atoms with Gasteiger partial charge in [-0.25, -0.2) is 0 Å². The molecule has 1 atom stereocenters. The molecule has 1 aromatic carbocycles. The third-order valence-corrected chi connectivity index (χ3v) is 3.87. The molecule has 2 rings (SSSR count). The highest BCUT2D eigenvalue weighted by Gasteiger charge is 2.25. The van der Waals surface area contributed by atoms with Crippen LogP contribution in [0.4, 0.5) is 0 Å². The van der Waals surface area contributed by atoms with Crippen molar-refractivity contribution < 1.29 is 14.7 Å². The molecule has 1 aromatic rings. The van der Waals surface area contributed by atoms with Gasteiger partial charge in [-0.1, -0.05) is 18.2 Å². The summed E-state index contributed by atoms with van der Waals surface area (Å²) in [4.78, 5) is 27.6. The SMILES string of the molecule is CN(CC(=O)N1CCCC(CO)C1)C(=O)c1ccccc1. The zero-order chi connectivity index (χ0) is 15.2. The average molecular weight is 290 g/mol. The molecule has 0 aliphatic carbocycles. The zero-order valence-corrected chi connectivity index (χ0v) is 12.4. The van der Waals surface area contributed by atoms with Crippen LogP contribution in [0.2, 0.25) is 0 Å². The summed E-state index contributed by atoms with van der Waals surface area (Å²) in [6.07, 6.45) is 1.87. The number of aliphatic hydroxyl groups excluding tert-OH is 1. The number of benzene rings is 1. The van der Waals surface area contributed by atoms with Crippen LogP contribution in [0.1, 0.15) is 23.2 Å². The van der Waals surface area contributed by atoms with Crippen molar-refractivity contribution in [1.29, 1.82) is 0 Å². The van der Waals surface area contributed by atoms with Crippen molar-refractivity contribution in [2.45, 2.75) is 12.8 Å². The Hall–Kier alpha value is -1.88. The van der Waals surface area contributed by atoms with Crippen molar-refractivity contribution in [3.05, 3.63) is 35.9 Å². The first-order valence-electron chi connectivity index (χ1n) is 7.31. The van der Waals surface area contributed by atoms with Crippen molar-refractivity contribution in [1.82, 2.24) is 9.80 Å². The van der Waals surface area contributed by atoms with Crippen molar-refractivity contribution in [3.63, 3.8) is 0 Å². The van der Waals surface area contributed by atoms with Gasteiger partial charge in [-0.15, -0.1) is 0 Å². The molecular formula is C16H22N2O3. The summed E-state index contributed by atoms with van der Waals surface area (Å²) in [5.41, 5.74) is 0.583. The fraction of sp³-hybridized carbons (Fsp3) is 0.500. The first kappa shape index (κ1) is 15.5. The molecule has 5 nitrogen and oxygen atoms in total. The molecule has 1 aliphatic rings. The highest BCUT2D eigenvalue weighted by molar-refractivity contribution is 5.96. The van der Waals surface area contributed by atoms with E-state index >= 15 is 0 Å². The van der Waals surface area contributed by atoms with Crippen LogP contribution in [0.15, 0.2) is 30.3 Å². The van der Waals surface area contributed by atoms with E-state index in [0.29, 0.717) is 18.7 Å². The lowest BCUT2D eigenvalue weighted by Crippen LogP contribution is -2.46. The molecule has 0 saturated carbocycles. The standard InChI is InChI=1S/C16H22N2O3/c1-17(16(21)14-7-3-2-4-8-14)11-15(20)18-9-5-6-13(10-18)12-19/h2-4,7-8,13,19H,5-6,9-12H2,1H3. The number of rotatable bonds is 4. The summed E-state index contributed by atoms with van der Waals surface area (Å²) in [6, 6.07) is 8.95. The van der Waals surface area contributed by atoms with Crippen molar-refractivity contribution in [2.75, 3.05) is 33.3 Å². The smallest absolute Gasteiger partial charge is 0.254 e. The Labute approximate surface area is 125 Å². The Kier molecular flexibility index (Phi) is 5.33. The van der Waals surface area contributed by atoms with Crippen LogP contribution < -0.4 is 0 Å². The van der Waals surface area contributed by atoms with Crippen LogP contribution >= 0.6 is 0 Å². The highest BCUT2D eigenvalue weighted by Crippen LogP contribution is 2.16. The van der Waals surface area contributed by atoms with Crippen LogP contribution in [-0.4, -0.2) is 60.0 Å². The van der Waals surface area contributed by atoms with Gasteiger partial charge in [0.1, 0.15) is 0 Å². The average Bonchev–Trinajstić information content (AvgIpc) is 2.54. The second-order valence-corrected chi connectivity index (χ2v) is 5.56. The van der Waals surface area contributed by atoms with Gasteiger partial charge in [-0.2, -0.15) is 0 Å². The number of likely N-dealkylation sites (tertiary alicyclic amines) is 1. The fourth-order valence-corrected chi connectivity index (χ4v) is 2.62. The molecule has 1 unspecified atom stereocenters. The summed E-state index contributed by atoms with van der Waals surface area (Å²) in [5.74, 6) is -0.0440. The van der Waals surface area contributed by atoms with Crippen LogP contribution in [0.5, 0.6) is 0 Å². The molecule has 21 heavy (non-hydrogen) atoms. The number of carbonyl (C=O) groups is 2. The van der Waals surface area contributed by atoms with Gasteiger partial charge in [-0.05, 0) is 30.9 Å². The predicted octanol–water partition coefficient (Wildman–Crippen LogP) is 0.989. The summed E-state index contributed by atoms with van der Waals surface area (Å²) < 4.78 is 0. The molecular weight excluding hydrogens is 268 g/mol. The lowest BCUT2D eigenvalue weighted by Gasteiger charge is -2.33. The topological polar surface area (TPSA) is 60.9 Å². The van der Waals surface area contributed by atoms with Crippen LogP contribution in [0, 0.1) is 5.92 Å². The molecule has 2 amide bonds. The molecule has 0 radical (unpaired) electrons. The van der Waals surface area contributed by atoms with Crippen LogP contribution in [0.3, 0.4) is 0 Å². The lowest BCUT2D eigenvalue weighted by molar-refractivity contribution is -0.133. The maximum absolute atomic E-state index is 12.3. The minimum Gasteiger partial charge on any atom is -0.396 e. The van der Waals surface area contributed by atoms with Crippen LogP contribution in [-0.2, 0) is 4.79 Å². The molecule has 1 heterocycles. The molecule has 1 fully saturated rings. The molecule has 5 heteroatoms. The lowest BCUT2D eigenvalue weighted by atomic mass is 9.99. The van der Waals surface area contributed by atoms with E-state index in [9.17, 15) is 14.7 Å². The largest absolute Gasteiger partial charge is 0.396 e. The predicted molar refractivity (Wildman–Crippen MR) is 79.8 cm³/mol. The number of carbonyl (C=O) groups excluding carboxylic acids is 2. The Morgan fingerprint density at radius 1 is 1.33 bits per heavy atom. The number of nitrogens with zero attached hydrogens (tertiary/aromatic N) is 2. The summed E-state index contributed by atoms with van der Waals surface area (Å²) in [6.45, 7) is 1.49. The van der Waals surface area contributed by atoms with Crippen molar-refractivity contribution in [2.24, 2.45) is 5.92 Å². The Bertz CT molecular complexity index is 490. The highest BCUT2D eigenvalue weighted by atomic mass is 16.3. The van der Waals surface area contributed by atoms with Gasteiger partial charge in [0.25, 0.3) is 5.91 Å². The second kappa shape index (κ2) is 7.22. The van der Waals surface area contributed by atoms with Gasteiger partial charge in [0.15, 0.2) is 0 Å². The van der Waals surface area contributed by atoms with Crippen molar-refractivity contribution >= 4 is 11.8 Å². The monoisotopic (exact) mass is 290 g/mol. The molecule has 0 aromatic heterocycles. The second-order valence-electron chi connectivity index (χ2n) is 5.56. The van der Waals surface area contributed by atoms with E-state index in [4.69, 9.17) is 0 Å². The third-order valence-electron chi connectivity index (χ3n) is 3.87. The number of piperidine rings is 1. The molecule has 114 valence electrons. The van der Waals surface area contributed by atoms with Gasteiger partial charge < -0.3 is 14.9 Å². The van der Waals surface area contributed by atoms with Crippen molar-refractivity contribution in [3.8, 4) is 0 Å². The van der Waals surface area contributed by atoms with E-state index in [2.05, 4.69) is 0 Å². The molecule has 0 spiro atoms. The Morgan fingerprint density at radius 3 is 2.71 bits per heavy atom. The first-order chi connectivity index (χ1) is 10.1. The maximum atomic E-state index is 12.3. The fourth-order valence-electron chi connectivity index (χ4n) is 2.62. The number of hydrogen-bond acceptors (Lipinski definition) is 3. The van der Waals surface area contributed by atoms with E-state index < -0.39 is 0 Å². The summed E-state index contributed by atoms with van der Waals surface area (Å²) in [5, 5.41) is 9.21. The Morgan fingerprint density at radius 2 is 2.05 bits per heavy atom. The summed E-state index contributed by atoms with van der Waals surface area (Å²) >= 11 is 0. The van der Waals surface area contributed by atoms with E-state index in [1.54, 1.807) is 36.2 Å². The minimum atomic E-state index is -0.153. The Balaban J connectivity index is 1.91. The quantitative estimate of drug-likeness (QED) is 0.899. The van der Waals surface area contributed by atoms with E-state index in [0.717, 1.165) is 12.8 Å². The number of aliphatic hydroxyl groups is 1. The van der Waals surface area contributed by atoms with Gasteiger partial charge in [0.05, 0.1) is 6.54 Å². The summed E-state index contributed by atoms with van der Waals surface area (Å²) in [7, 11) is 1.64.